The van der Waals surface area contributed by atoms with Gasteiger partial charge in [0.1, 0.15) is 0 Å². The van der Waals surface area contributed by atoms with E-state index in [1.54, 1.807) is 0 Å². The molecule has 0 spiro atoms. The third kappa shape index (κ3) is 4.44. The van der Waals surface area contributed by atoms with Crippen LogP contribution in [0.2, 0.25) is 0 Å². The maximum Gasteiger partial charge on any atom is 0.0619 e. The summed E-state index contributed by atoms with van der Waals surface area (Å²) in [6, 6.07) is 73.5. The number of aromatic nitrogens is 1. The van der Waals surface area contributed by atoms with Gasteiger partial charge in [0.25, 0.3) is 0 Å². The summed E-state index contributed by atoms with van der Waals surface area (Å²) in [7, 11) is 0. The Labute approximate surface area is 307 Å². The maximum atomic E-state index is 2.50. The van der Waals surface area contributed by atoms with Gasteiger partial charge in [-0.1, -0.05) is 182 Å². The van der Waals surface area contributed by atoms with Crippen LogP contribution in [0.5, 0.6) is 0 Å². The maximum absolute atomic E-state index is 2.50. The normalized spacial score (nSPS) is 11.8. The van der Waals surface area contributed by atoms with Crippen molar-refractivity contribution in [2.45, 2.75) is 0 Å². The molecule has 11 aromatic rings. The van der Waals surface area contributed by atoms with E-state index in [9.17, 15) is 0 Å². The van der Waals surface area contributed by atoms with Gasteiger partial charge in [-0.3, -0.25) is 0 Å². The summed E-state index contributed by atoms with van der Waals surface area (Å²) in [5.74, 6) is 0. The first-order chi connectivity index (χ1) is 26.3. The van der Waals surface area contributed by atoms with Crippen LogP contribution in [0, 0.1) is 0 Å². The van der Waals surface area contributed by atoms with E-state index in [2.05, 4.69) is 205 Å². The van der Waals surface area contributed by atoms with Gasteiger partial charge in [0.05, 0.1) is 16.7 Å². The Morgan fingerprint density at radius 2 is 0.604 bits per heavy atom. The Hall–Kier alpha value is -6.96. The van der Waals surface area contributed by atoms with Gasteiger partial charge in [-0.05, 0) is 83.9 Å². The third-order valence-corrected chi connectivity index (χ3v) is 11.2. The Bertz CT molecular complexity index is 3100. The highest BCUT2D eigenvalue weighted by Crippen LogP contribution is 2.50. The minimum absolute atomic E-state index is 1.22. The SMILES string of the molecule is c1ccc(-c2ccc3c(-c4c5ccccc5c(-n5c6ccccc6c6ccccc65)c5ccccc45)c4ccccc4c(-c4ccccc4)c3c2)cc1. The first-order valence-electron chi connectivity index (χ1n) is 18.4. The third-order valence-electron chi connectivity index (χ3n) is 11.2. The summed E-state index contributed by atoms with van der Waals surface area (Å²) < 4.78 is 2.50. The summed E-state index contributed by atoms with van der Waals surface area (Å²) in [4.78, 5) is 0. The van der Waals surface area contributed by atoms with Crippen molar-refractivity contribution < 1.29 is 0 Å². The van der Waals surface area contributed by atoms with Gasteiger partial charge < -0.3 is 4.57 Å². The summed E-state index contributed by atoms with van der Waals surface area (Å²) >= 11 is 0. The molecule has 10 aromatic carbocycles. The van der Waals surface area contributed by atoms with Crippen molar-refractivity contribution in [2.75, 3.05) is 0 Å². The fourth-order valence-corrected chi connectivity index (χ4v) is 8.95. The lowest BCUT2D eigenvalue weighted by atomic mass is 9.82. The van der Waals surface area contributed by atoms with Crippen LogP contribution in [-0.4, -0.2) is 4.57 Å². The molecule has 53 heavy (non-hydrogen) atoms. The van der Waals surface area contributed by atoms with Gasteiger partial charge >= 0.3 is 0 Å². The number of nitrogens with zero attached hydrogens (tertiary/aromatic N) is 1. The van der Waals surface area contributed by atoms with Crippen molar-refractivity contribution >= 4 is 64.9 Å². The Morgan fingerprint density at radius 1 is 0.226 bits per heavy atom. The predicted octanol–water partition coefficient (Wildman–Crippen LogP) is 14.4. The fraction of sp³-hybridized carbons (Fsp3) is 0. The molecule has 0 atom stereocenters. The van der Waals surface area contributed by atoms with Crippen LogP contribution in [0.1, 0.15) is 0 Å². The molecule has 1 heteroatoms. The van der Waals surface area contributed by atoms with Gasteiger partial charge in [0.2, 0.25) is 0 Å². The molecule has 0 amide bonds. The molecule has 1 nitrogen and oxygen atoms in total. The largest absolute Gasteiger partial charge is 0.308 e. The molecule has 0 aliphatic carbocycles. The molecule has 246 valence electrons. The van der Waals surface area contributed by atoms with Crippen LogP contribution >= 0.6 is 0 Å². The first-order valence-corrected chi connectivity index (χ1v) is 18.4. The lowest BCUT2D eigenvalue weighted by Gasteiger charge is -2.23. The van der Waals surface area contributed by atoms with E-state index in [0.717, 1.165) is 0 Å². The van der Waals surface area contributed by atoms with Crippen molar-refractivity contribution in [1.29, 1.82) is 0 Å². The van der Waals surface area contributed by atoms with E-state index in [4.69, 9.17) is 0 Å². The smallest absolute Gasteiger partial charge is 0.0619 e. The summed E-state index contributed by atoms with van der Waals surface area (Å²) in [5.41, 5.74) is 11.1. The number of fused-ring (bicyclic) bond motifs is 7. The lowest BCUT2D eigenvalue weighted by Crippen LogP contribution is -2.00. The van der Waals surface area contributed by atoms with Gasteiger partial charge in [0, 0.05) is 21.5 Å². The summed E-state index contributed by atoms with van der Waals surface area (Å²) in [5, 5.41) is 12.5. The fourth-order valence-electron chi connectivity index (χ4n) is 8.95. The quantitative estimate of drug-likeness (QED) is 0.164. The van der Waals surface area contributed by atoms with Gasteiger partial charge in [-0.25, -0.2) is 0 Å². The van der Waals surface area contributed by atoms with Gasteiger partial charge in [0.15, 0.2) is 0 Å². The second-order valence-corrected chi connectivity index (χ2v) is 14.0. The number of hydrogen-bond donors (Lipinski definition) is 0. The Morgan fingerprint density at radius 3 is 1.13 bits per heavy atom. The van der Waals surface area contributed by atoms with E-state index in [1.807, 2.05) is 0 Å². The first kappa shape index (κ1) is 29.7. The van der Waals surface area contributed by atoms with Crippen molar-refractivity contribution in [3.8, 4) is 39.1 Å². The molecule has 1 heterocycles. The van der Waals surface area contributed by atoms with E-state index >= 15 is 0 Å². The zero-order chi connectivity index (χ0) is 34.9. The average molecular weight is 672 g/mol. The molecular formula is C52H33N. The van der Waals surface area contributed by atoms with Crippen LogP contribution in [0.15, 0.2) is 200 Å². The van der Waals surface area contributed by atoms with E-state index in [1.165, 1.54) is 104 Å². The lowest BCUT2D eigenvalue weighted by molar-refractivity contribution is 1.21. The molecular weight excluding hydrogens is 639 g/mol. The highest BCUT2D eigenvalue weighted by molar-refractivity contribution is 6.29. The zero-order valence-corrected chi connectivity index (χ0v) is 29.0. The molecule has 0 saturated carbocycles. The van der Waals surface area contributed by atoms with Crippen LogP contribution in [0.25, 0.3) is 104 Å². The van der Waals surface area contributed by atoms with Crippen molar-refractivity contribution in [2.24, 2.45) is 0 Å². The van der Waals surface area contributed by atoms with Gasteiger partial charge in [-0.15, -0.1) is 0 Å². The van der Waals surface area contributed by atoms with E-state index < -0.39 is 0 Å². The van der Waals surface area contributed by atoms with Crippen LogP contribution in [0.4, 0.5) is 0 Å². The van der Waals surface area contributed by atoms with E-state index in [-0.39, 0.29) is 0 Å². The number of benzene rings is 10. The summed E-state index contributed by atoms with van der Waals surface area (Å²) in [6.07, 6.45) is 0. The molecule has 0 N–H and O–H groups in total. The average Bonchev–Trinajstić information content (AvgIpc) is 3.56. The molecule has 0 aliphatic heterocycles. The second-order valence-electron chi connectivity index (χ2n) is 14.0. The highest BCUT2D eigenvalue weighted by atomic mass is 15.0. The molecule has 11 rings (SSSR count). The van der Waals surface area contributed by atoms with Crippen molar-refractivity contribution in [1.82, 2.24) is 4.57 Å². The topological polar surface area (TPSA) is 4.93 Å². The van der Waals surface area contributed by atoms with Crippen LogP contribution < -0.4 is 0 Å². The number of para-hydroxylation sites is 2. The van der Waals surface area contributed by atoms with Crippen LogP contribution in [-0.2, 0) is 0 Å². The standard InChI is InChI=1S/C52H33N/c1-3-17-34(18-4-1)36-31-32-43-46(33-36)49(35-19-5-2-6-20-35)39-23-7-8-24-40(39)50(43)51-41-25-9-11-27-44(41)52(45-28-12-10-26-42(45)51)53-47-29-15-13-21-37(47)38-22-14-16-30-48(38)53/h1-33H. The molecule has 0 radical (unpaired) electrons. The molecule has 0 saturated heterocycles. The zero-order valence-electron chi connectivity index (χ0n) is 29.0. The Kier molecular flexibility index (Phi) is 6.62. The van der Waals surface area contributed by atoms with Crippen molar-refractivity contribution in [3.05, 3.63) is 200 Å². The van der Waals surface area contributed by atoms with Crippen molar-refractivity contribution in [3.63, 3.8) is 0 Å². The Balaban J connectivity index is 1.34. The minimum atomic E-state index is 1.22. The van der Waals surface area contributed by atoms with Crippen LogP contribution in [0.3, 0.4) is 0 Å². The second kappa shape index (κ2) is 11.8. The monoisotopic (exact) mass is 671 g/mol. The summed E-state index contributed by atoms with van der Waals surface area (Å²) in [6.45, 7) is 0. The highest BCUT2D eigenvalue weighted by Gasteiger charge is 2.24. The number of hydrogen-bond acceptors (Lipinski definition) is 0. The molecule has 0 aliphatic rings. The number of rotatable bonds is 4. The molecule has 0 bridgehead atoms. The molecule has 1 aromatic heterocycles. The molecule has 0 fully saturated rings. The predicted molar refractivity (Wildman–Crippen MR) is 227 cm³/mol. The minimum Gasteiger partial charge on any atom is -0.308 e. The molecule has 0 unspecified atom stereocenters. The van der Waals surface area contributed by atoms with E-state index in [0.29, 0.717) is 0 Å². The van der Waals surface area contributed by atoms with Gasteiger partial charge in [-0.2, -0.15) is 0 Å².